The van der Waals surface area contributed by atoms with Crippen molar-refractivity contribution in [2.45, 2.75) is 32.6 Å². The molecule has 0 aliphatic carbocycles. The summed E-state index contributed by atoms with van der Waals surface area (Å²) in [4.78, 5) is 30.1. The van der Waals surface area contributed by atoms with Crippen molar-refractivity contribution in [2.24, 2.45) is 11.7 Å². The molecule has 7 nitrogen and oxygen atoms in total. The molecule has 2 amide bonds. The number of rotatable bonds is 7. The highest BCUT2D eigenvalue weighted by Gasteiger charge is 2.25. The average molecular weight is 451 g/mol. The maximum absolute atomic E-state index is 12.6. The summed E-state index contributed by atoms with van der Waals surface area (Å²) in [5.74, 6) is 1.06. The van der Waals surface area contributed by atoms with Crippen LogP contribution in [0.1, 0.15) is 35.4 Å². The van der Waals surface area contributed by atoms with E-state index in [1.807, 2.05) is 24.3 Å². The zero-order valence-corrected chi connectivity index (χ0v) is 18.8. The van der Waals surface area contributed by atoms with E-state index in [0.717, 1.165) is 17.0 Å². The molecule has 0 bridgehead atoms. The number of nitrogens with two attached hydrogens (primary N) is 1. The second kappa shape index (κ2) is 9.91. The summed E-state index contributed by atoms with van der Waals surface area (Å²) in [6, 6.07) is 15.8. The number of nitrogens with zero attached hydrogens (tertiary/aromatic N) is 3. The lowest BCUT2D eigenvalue weighted by Crippen LogP contribution is -2.42. The van der Waals surface area contributed by atoms with E-state index in [9.17, 15) is 9.59 Å². The standard InChI is InChI=1S/C24H26N4O3S/c1-16-2-4-17(5-3-16)14-21-26-24(32-27-21)31-20-8-6-18(7-9-20)15-22(29)28-12-10-19(11-13-28)23(25)30/h2-9,19H,10-15H2,1H3,(H2,25,30). The molecular weight excluding hydrogens is 424 g/mol. The molecule has 3 aromatic rings. The number of aromatic nitrogens is 2. The lowest BCUT2D eigenvalue weighted by Gasteiger charge is -2.30. The number of piperidine rings is 1. The van der Waals surface area contributed by atoms with Gasteiger partial charge in [-0.15, -0.1) is 0 Å². The van der Waals surface area contributed by atoms with Crippen LogP contribution in [-0.4, -0.2) is 39.2 Å². The molecule has 1 aromatic heterocycles. The lowest BCUT2D eigenvalue weighted by atomic mass is 9.96. The largest absolute Gasteiger partial charge is 0.430 e. The molecule has 1 saturated heterocycles. The van der Waals surface area contributed by atoms with Gasteiger partial charge in [-0.3, -0.25) is 9.59 Å². The minimum absolute atomic E-state index is 0.0615. The third-order valence-electron chi connectivity index (χ3n) is 5.67. The van der Waals surface area contributed by atoms with E-state index < -0.39 is 0 Å². The van der Waals surface area contributed by atoms with Gasteiger partial charge in [-0.25, -0.2) is 0 Å². The van der Waals surface area contributed by atoms with Gasteiger partial charge in [0.15, 0.2) is 5.82 Å². The highest BCUT2D eigenvalue weighted by Crippen LogP contribution is 2.25. The van der Waals surface area contributed by atoms with Gasteiger partial charge in [0.05, 0.1) is 6.42 Å². The Kier molecular flexibility index (Phi) is 6.80. The Balaban J connectivity index is 1.28. The Morgan fingerprint density at radius 1 is 1.06 bits per heavy atom. The maximum atomic E-state index is 12.6. The number of ether oxygens (including phenoxy) is 1. The van der Waals surface area contributed by atoms with E-state index in [2.05, 4.69) is 40.5 Å². The number of amides is 2. The quantitative estimate of drug-likeness (QED) is 0.594. The van der Waals surface area contributed by atoms with E-state index in [1.54, 1.807) is 4.90 Å². The van der Waals surface area contributed by atoms with Gasteiger partial charge >= 0.3 is 0 Å². The summed E-state index contributed by atoms with van der Waals surface area (Å²) >= 11 is 1.23. The summed E-state index contributed by atoms with van der Waals surface area (Å²) in [7, 11) is 0. The zero-order chi connectivity index (χ0) is 22.5. The van der Waals surface area contributed by atoms with Crippen LogP contribution in [0, 0.1) is 12.8 Å². The Morgan fingerprint density at radius 3 is 2.38 bits per heavy atom. The van der Waals surface area contributed by atoms with E-state index in [0.29, 0.717) is 49.7 Å². The molecule has 1 fully saturated rings. The Labute approximate surface area is 191 Å². The highest BCUT2D eigenvalue weighted by atomic mass is 32.1. The Bertz CT molecular complexity index is 1070. The molecule has 0 radical (unpaired) electrons. The zero-order valence-electron chi connectivity index (χ0n) is 18.0. The summed E-state index contributed by atoms with van der Waals surface area (Å²) in [6.07, 6.45) is 2.27. The van der Waals surface area contributed by atoms with Gasteiger partial charge in [0.25, 0.3) is 5.19 Å². The van der Waals surface area contributed by atoms with Gasteiger partial charge in [-0.1, -0.05) is 42.0 Å². The van der Waals surface area contributed by atoms with Crippen LogP contribution < -0.4 is 10.5 Å². The molecule has 166 valence electrons. The monoisotopic (exact) mass is 450 g/mol. The molecule has 1 aliphatic rings. The molecular formula is C24H26N4O3S. The number of carbonyl (C=O) groups excluding carboxylic acids is 2. The molecule has 0 spiro atoms. The van der Waals surface area contributed by atoms with Crippen LogP contribution in [0.4, 0.5) is 0 Å². The number of hydrogen-bond acceptors (Lipinski definition) is 6. The first-order valence-electron chi connectivity index (χ1n) is 10.7. The number of likely N-dealkylation sites (tertiary alicyclic amines) is 1. The predicted molar refractivity (Wildman–Crippen MR) is 123 cm³/mol. The predicted octanol–water partition coefficient (Wildman–Crippen LogP) is 3.50. The molecule has 1 aliphatic heterocycles. The van der Waals surface area contributed by atoms with Crippen molar-refractivity contribution in [1.29, 1.82) is 0 Å². The van der Waals surface area contributed by atoms with Gasteiger partial charge in [-0.2, -0.15) is 9.36 Å². The Hall–Kier alpha value is -3.26. The first-order chi connectivity index (χ1) is 15.5. The average Bonchev–Trinajstić information content (AvgIpc) is 3.23. The first kappa shape index (κ1) is 22.0. The first-order valence-corrected chi connectivity index (χ1v) is 11.5. The van der Waals surface area contributed by atoms with Gasteiger partial charge in [-0.05, 0) is 43.0 Å². The topological polar surface area (TPSA) is 98.4 Å². The molecule has 2 N–H and O–H groups in total. The lowest BCUT2D eigenvalue weighted by molar-refractivity contribution is -0.134. The number of benzene rings is 2. The van der Waals surface area contributed by atoms with E-state index in [1.165, 1.54) is 17.1 Å². The third-order valence-corrected chi connectivity index (χ3v) is 6.30. The normalized spacial score (nSPS) is 14.3. The number of carbonyl (C=O) groups is 2. The van der Waals surface area contributed by atoms with E-state index in [4.69, 9.17) is 10.5 Å². The van der Waals surface area contributed by atoms with E-state index in [-0.39, 0.29) is 17.7 Å². The van der Waals surface area contributed by atoms with Crippen molar-refractivity contribution in [1.82, 2.24) is 14.3 Å². The number of primary amides is 1. The summed E-state index contributed by atoms with van der Waals surface area (Å²) < 4.78 is 10.2. The molecule has 2 heterocycles. The summed E-state index contributed by atoms with van der Waals surface area (Å²) in [5, 5.41) is 0.494. The van der Waals surface area contributed by atoms with Gasteiger partial charge < -0.3 is 15.4 Å². The van der Waals surface area contributed by atoms with Crippen LogP contribution >= 0.6 is 11.5 Å². The van der Waals surface area contributed by atoms with Crippen molar-refractivity contribution in [2.75, 3.05) is 13.1 Å². The van der Waals surface area contributed by atoms with Crippen LogP contribution in [0.5, 0.6) is 10.9 Å². The van der Waals surface area contributed by atoms with Crippen molar-refractivity contribution in [3.05, 3.63) is 71.0 Å². The fraction of sp³-hybridized carbons (Fsp3) is 0.333. The summed E-state index contributed by atoms with van der Waals surface area (Å²) in [6.45, 7) is 3.22. The molecule has 0 unspecified atom stereocenters. The summed E-state index contributed by atoms with van der Waals surface area (Å²) in [5.41, 5.74) is 8.66. The fourth-order valence-electron chi connectivity index (χ4n) is 3.72. The van der Waals surface area contributed by atoms with Crippen molar-refractivity contribution >= 4 is 23.3 Å². The molecule has 4 rings (SSSR count). The maximum Gasteiger partial charge on any atom is 0.298 e. The minimum Gasteiger partial charge on any atom is -0.430 e. The van der Waals surface area contributed by atoms with Crippen molar-refractivity contribution in [3.63, 3.8) is 0 Å². The molecule has 32 heavy (non-hydrogen) atoms. The number of hydrogen-bond donors (Lipinski definition) is 1. The number of aryl methyl sites for hydroxylation is 1. The van der Waals surface area contributed by atoms with Gasteiger partial charge in [0, 0.05) is 37.0 Å². The Morgan fingerprint density at radius 2 is 1.72 bits per heavy atom. The fourth-order valence-corrected chi connectivity index (χ4v) is 4.28. The van der Waals surface area contributed by atoms with Crippen LogP contribution in [0.2, 0.25) is 0 Å². The van der Waals surface area contributed by atoms with Crippen molar-refractivity contribution < 1.29 is 14.3 Å². The van der Waals surface area contributed by atoms with Crippen LogP contribution in [0.3, 0.4) is 0 Å². The molecule has 0 saturated carbocycles. The minimum atomic E-state index is -0.273. The highest BCUT2D eigenvalue weighted by molar-refractivity contribution is 7.07. The molecule has 0 atom stereocenters. The smallest absolute Gasteiger partial charge is 0.298 e. The van der Waals surface area contributed by atoms with Gasteiger partial charge in [0.2, 0.25) is 11.8 Å². The second-order valence-electron chi connectivity index (χ2n) is 8.12. The van der Waals surface area contributed by atoms with E-state index >= 15 is 0 Å². The van der Waals surface area contributed by atoms with Gasteiger partial charge in [0.1, 0.15) is 5.75 Å². The van der Waals surface area contributed by atoms with Crippen molar-refractivity contribution in [3.8, 4) is 10.9 Å². The SMILES string of the molecule is Cc1ccc(Cc2nsc(Oc3ccc(CC(=O)N4CCC(C(N)=O)CC4)cc3)n2)cc1. The molecule has 2 aromatic carbocycles. The third kappa shape index (κ3) is 5.70. The van der Waals surface area contributed by atoms with Crippen LogP contribution in [0.25, 0.3) is 0 Å². The second-order valence-corrected chi connectivity index (χ2v) is 8.83. The van der Waals surface area contributed by atoms with Crippen LogP contribution in [0.15, 0.2) is 48.5 Å². The molecule has 8 heteroatoms. The van der Waals surface area contributed by atoms with Crippen LogP contribution in [-0.2, 0) is 22.4 Å².